The Bertz CT molecular complexity index is 2350. The van der Waals surface area contributed by atoms with E-state index in [9.17, 15) is 0 Å². The van der Waals surface area contributed by atoms with Crippen molar-refractivity contribution in [3.05, 3.63) is 116 Å². The van der Waals surface area contributed by atoms with Gasteiger partial charge in [-0.3, -0.25) is 4.40 Å². The van der Waals surface area contributed by atoms with Crippen LogP contribution >= 0.6 is 0 Å². The molecule has 1 N–H and O–H groups in total. The molecular weight excluding hydrogens is 452 g/mol. The summed E-state index contributed by atoms with van der Waals surface area (Å²) in [5.41, 5.74) is 8.00. The third-order valence-corrected chi connectivity index (χ3v) is 7.89. The molecule has 0 saturated heterocycles. The Hall–Kier alpha value is -5.09. The standard InChI is InChI=1S/C33H20N4/c1-2-8-20(9-3-1)37-27-13-7-5-10-21(27)22-14-15-24-30-28(36-19-18-34-33(36)31(24)32(22)37)17-16-26-29(30)23-11-4-6-12-25(23)35-26/h1-19,35H. The predicted octanol–water partition coefficient (Wildman–Crippen LogP) is 8.37. The van der Waals surface area contributed by atoms with Gasteiger partial charge in [0.1, 0.15) is 5.65 Å². The van der Waals surface area contributed by atoms with Crippen molar-refractivity contribution in [2.75, 3.05) is 0 Å². The second-order valence-electron chi connectivity index (χ2n) is 9.75. The van der Waals surface area contributed by atoms with Crippen LogP contribution < -0.4 is 0 Å². The molecular formula is C33H20N4. The van der Waals surface area contributed by atoms with Crippen molar-refractivity contribution in [3.8, 4) is 5.69 Å². The molecule has 4 aromatic heterocycles. The molecule has 0 aliphatic heterocycles. The van der Waals surface area contributed by atoms with Crippen molar-refractivity contribution in [1.29, 1.82) is 0 Å². The normalized spacial score (nSPS) is 12.3. The van der Waals surface area contributed by atoms with Crippen LogP contribution in [0, 0.1) is 0 Å². The number of fused-ring (bicyclic) bond motifs is 14. The van der Waals surface area contributed by atoms with Crippen LogP contribution in [0.25, 0.3) is 76.6 Å². The lowest BCUT2D eigenvalue weighted by Crippen LogP contribution is -1.97. The molecule has 0 aliphatic carbocycles. The van der Waals surface area contributed by atoms with Gasteiger partial charge in [0.15, 0.2) is 0 Å². The number of nitrogens with one attached hydrogen (secondary N) is 1. The number of hydrogen-bond donors (Lipinski definition) is 1. The van der Waals surface area contributed by atoms with Gasteiger partial charge >= 0.3 is 0 Å². The fraction of sp³-hybridized carbons (Fsp3) is 0. The van der Waals surface area contributed by atoms with Gasteiger partial charge in [-0.15, -0.1) is 0 Å². The number of pyridine rings is 1. The molecule has 9 aromatic rings. The number of imidazole rings is 1. The molecule has 0 unspecified atom stereocenters. The number of aromatic amines is 1. The first-order valence-corrected chi connectivity index (χ1v) is 12.6. The summed E-state index contributed by atoms with van der Waals surface area (Å²) < 4.78 is 4.66. The number of benzene rings is 5. The summed E-state index contributed by atoms with van der Waals surface area (Å²) in [5, 5.41) is 8.63. The third kappa shape index (κ3) is 2.35. The monoisotopic (exact) mass is 472 g/mol. The second-order valence-corrected chi connectivity index (χ2v) is 9.75. The van der Waals surface area contributed by atoms with Gasteiger partial charge in [-0.25, -0.2) is 4.98 Å². The molecule has 4 nitrogen and oxygen atoms in total. The van der Waals surface area contributed by atoms with Crippen LogP contribution in [-0.4, -0.2) is 18.9 Å². The molecule has 5 aromatic carbocycles. The first-order valence-electron chi connectivity index (χ1n) is 12.6. The van der Waals surface area contributed by atoms with Crippen molar-refractivity contribution in [2.45, 2.75) is 0 Å². The zero-order valence-corrected chi connectivity index (χ0v) is 19.8. The maximum Gasteiger partial charge on any atom is 0.147 e. The lowest BCUT2D eigenvalue weighted by Gasteiger charge is -2.14. The highest BCUT2D eigenvalue weighted by Crippen LogP contribution is 2.43. The average molecular weight is 473 g/mol. The number of rotatable bonds is 1. The van der Waals surface area contributed by atoms with E-state index in [1.165, 1.54) is 54.3 Å². The van der Waals surface area contributed by atoms with Gasteiger partial charge in [-0.05, 0) is 41.8 Å². The molecule has 0 bridgehead atoms. The molecule has 172 valence electrons. The van der Waals surface area contributed by atoms with Crippen molar-refractivity contribution in [1.82, 2.24) is 18.9 Å². The highest BCUT2D eigenvalue weighted by Gasteiger charge is 2.21. The van der Waals surface area contributed by atoms with Crippen LogP contribution in [0.5, 0.6) is 0 Å². The van der Waals surface area contributed by atoms with E-state index in [0.717, 1.165) is 22.4 Å². The number of aromatic nitrogens is 4. The van der Waals surface area contributed by atoms with Crippen LogP contribution in [0.1, 0.15) is 0 Å². The van der Waals surface area contributed by atoms with Crippen LogP contribution in [0.15, 0.2) is 116 Å². The van der Waals surface area contributed by atoms with E-state index in [1.807, 2.05) is 6.20 Å². The Morgan fingerprint density at radius 2 is 1.32 bits per heavy atom. The maximum atomic E-state index is 4.92. The van der Waals surface area contributed by atoms with E-state index in [4.69, 9.17) is 4.98 Å². The highest BCUT2D eigenvalue weighted by molar-refractivity contribution is 6.33. The first kappa shape index (κ1) is 19.1. The van der Waals surface area contributed by atoms with E-state index in [1.54, 1.807) is 0 Å². The van der Waals surface area contributed by atoms with E-state index >= 15 is 0 Å². The van der Waals surface area contributed by atoms with Crippen molar-refractivity contribution < 1.29 is 0 Å². The van der Waals surface area contributed by atoms with E-state index in [0.29, 0.717) is 0 Å². The molecule has 0 fully saturated rings. The molecule has 0 atom stereocenters. The number of H-pyrrole nitrogens is 1. The number of nitrogens with zero attached hydrogens (tertiary/aromatic N) is 3. The Morgan fingerprint density at radius 1 is 0.541 bits per heavy atom. The predicted molar refractivity (Wildman–Crippen MR) is 154 cm³/mol. The van der Waals surface area contributed by atoms with Gasteiger partial charge in [-0.1, -0.05) is 66.7 Å². The average Bonchev–Trinajstić information content (AvgIpc) is 3.67. The molecule has 4 heterocycles. The SMILES string of the molecule is c1ccc(-n2c3ccccc3c3ccc4c5c6c(ccc5n5ccnc5c4c32)[nH]c2ccccc26)cc1. The summed E-state index contributed by atoms with van der Waals surface area (Å²) in [4.78, 5) is 8.57. The summed E-state index contributed by atoms with van der Waals surface area (Å²) in [6.45, 7) is 0. The summed E-state index contributed by atoms with van der Waals surface area (Å²) in [7, 11) is 0. The minimum Gasteiger partial charge on any atom is -0.354 e. The van der Waals surface area contributed by atoms with Crippen LogP contribution in [0.2, 0.25) is 0 Å². The first-order chi connectivity index (χ1) is 18.4. The summed E-state index contributed by atoms with van der Waals surface area (Å²) in [5.74, 6) is 0. The smallest absolute Gasteiger partial charge is 0.147 e. The largest absolute Gasteiger partial charge is 0.354 e. The van der Waals surface area contributed by atoms with Gasteiger partial charge in [0.2, 0.25) is 0 Å². The zero-order valence-electron chi connectivity index (χ0n) is 19.8. The Morgan fingerprint density at radius 3 is 2.24 bits per heavy atom. The lowest BCUT2D eigenvalue weighted by atomic mass is 9.98. The zero-order chi connectivity index (χ0) is 24.1. The molecule has 0 radical (unpaired) electrons. The van der Waals surface area contributed by atoms with E-state index in [2.05, 4.69) is 123 Å². The van der Waals surface area contributed by atoms with Gasteiger partial charge in [0, 0.05) is 56.0 Å². The molecule has 0 aliphatic rings. The molecule has 0 amide bonds. The van der Waals surface area contributed by atoms with Gasteiger partial charge < -0.3 is 9.55 Å². The van der Waals surface area contributed by atoms with Gasteiger partial charge in [0.05, 0.1) is 21.9 Å². The Balaban J connectivity index is 1.64. The molecule has 0 saturated carbocycles. The lowest BCUT2D eigenvalue weighted by molar-refractivity contribution is 1.18. The molecule has 0 spiro atoms. The number of para-hydroxylation sites is 3. The quantitative estimate of drug-likeness (QED) is 0.239. The molecule has 9 rings (SSSR count). The second kappa shape index (κ2) is 6.77. The van der Waals surface area contributed by atoms with E-state index in [-0.39, 0.29) is 0 Å². The Labute approximate surface area is 211 Å². The minimum absolute atomic E-state index is 0.979. The Kier molecular flexibility index (Phi) is 3.50. The van der Waals surface area contributed by atoms with Crippen molar-refractivity contribution >= 4 is 70.9 Å². The van der Waals surface area contributed by atoms with Crippen LogP contribution in [0.4, 0.5) is 0 Å². The topological polar surface area (TPSA) is 38.0 Å². The maximum absolute atomic E-state index is 4.92. The van der Waals surface area contributed by atoms with Crippen molar-refractivity contribution in [3.63, 3.8) is 0 Å². The fourth-order valence-electron chi connectivity index (χ4n) is 6.42. The molecule has 4 heteroatoms. The number of hydrogen-bond acceptors (Lipinski definition) is 1. The van der Waals surface area contributed by atoms with Crippen LogP contribution in [-0.2, 0) is 0 Å². The summed E-state index contributed by atoms with van der Waals surface area (Å²) >= 11 is 0. The molecule has 37 heavy (non-hydrogen) atoms. The summed E-state index contributed by atoms with van der Waals surface area (Å²) in [6, 6.07) is 37.0. The van der Waals surface area contributed by atoms with Crippen molar-refractivity contribution in [2.24, 2.45) is 0 Å². The van der Waals surface area contributed by atoms with Crippen LogP contribution in [0.3, 0.4) is 0 Å². The van der Waals surface area contributed by atoms with Gasteiger partial charge in [0.25, 0.3) is 0 Å². The summed E-state index contributed by atoms with van der Waals surface area (Å²) in [6.07, 6.45) is 4.01. The third-order valence-electron chi connectivity index (χ3n) is 7.89. The van der Waals surface area contributed by atoms with E-state index < -0.39 is 0 Å². The highest BCUT2D eigenvalue weighted by atomic mass is 15.0. The van der Waals surface area contributed by atoms with Gasteiger partial charge in [-0.2, -0.15) is 0 Å². The fourth-order valence-corrected chi connectivity index (χ4v) is 6.42. The minimum atomic E-state index is 0.979.